The number of carbonyl (C=O) groups excluding carboxylic acids is 1. The summed E-state index contributed by atoms with van der Waals surface area (Å²) in [5, 5.41) is 10.2. The molecule has 0 unspecified atom stereocenters. The lowest BCUT2D eigenvalue weighted by Crippen LogP contribution is -2.27. The molecule has 0 spiro atoms. The van der Waals surface area contributed by atoms with Crippen molar-refractivity contribution in [2.24, 2.45) is 0 Å². The first-order valence-corrected chi connectivity index (χ1v) is 6.34. The van der Waals surface area contributed by atoms with E-state index in [0.29, 0.717) is 5.02 Å². The maximum absolute atomic E-state index is 13.6. The third kappa shape index (κ3) is 3.08. The molecule has 1 N–H and O–H groups in total. The van der Waals surface area contributed by atoms with E-state index in [1.54, 1.807) is 18.2 Å². The minimum absolute atomic E-state index is 0.271. The molecule has 2 aromatic carbocycles. The van der Waals surface area contributed by atoms with Crippen molar-refractivity contribution in [1.29, 1.82) is 0 Å². The smallest absolute Gasteiger partial charge is 0.260 e. The van der Waals surface area contributed by atoms with Gasteiger partial charge in [-0.1, -0.05) is 29.8 Å². The second-order valence-electron chi connectivity index (χ2n) is 4.43. The molecule has 0 bridgehead atoms. The maximum atomic E-state index is 13.6. The molecule has 2 aromatic rings. The van der Waals surface area contributed by atoms with Gasteiger partial charge in [0.15, 0.2) is 0 Å². The van der Waals surface area contributed by atoms with E-state index < -0.39 is 11.7 Å². The molecule has 0 atom stereocenters. The van der Waals surface area contributed by atoms with Gasteiger partial charge in [-0.2, -0.15) is 0 Å². The Labute approximate surface area is 121 Å². The number of phenols is 1. The van der Waals surface area contributed by atoms with Crippen LogP contribution in [-0.2, 0) is 6.54 Å². The minimum atomic E-state index is -0.743. The summed E-state index contributed by atoms with van der Waals surface area (Å²) in [7, 11) is 1.54. The zero-order valence-corrected chi connectivity index (χ0v) is 11.6. The number of phenolic OH excluding ortho intramolecular Hbond substituents is 1. The fraction of sp³-hybridized carbons (Fsp3) is 0.133. The third-order valence-corrected chi connectivity index (χ3v) is 3.10. The molecule has 2 rings (SSSR count). The summed E-state index contributed by atoms with van der Waals surface area (Å²) in [5.41, 5.74) is 0.501. The van der Waals surface area contributed by atoms with Gasteiger partial charge in [0.1, 0.15) is 17.1 Å². The zero-order chi connectivity index (χ0) is 14.7. The normalized spacial score (nSPS) is 10.3. The predicted octanol–water partition coefficient (Wildman–Crippen LogP) is 3.46. The van der Waals surface area contributed by atoms with E-state index in [9.17, 15) is 14.3 Å². The molecule has 1 amide bonds. The van der Waals surface area contributed by atoms with Gasteiger partial charge in [-0.05, 0) is 29.8 Å². The highest BCUT2D eigenvalue weighted by molar-refractivity contribution is 6.30. The van der Waals surface area contributed by atoms with Crippen LogP contribution in [0.4, 0.5) is 4.39 Å². The molecule has 104 valence electrons. The van der Waals surface area contributed by atoms with Crippen LogP contribution in [0.1, 0.15) is 15.9 Å². The van der Waals surface area contributed by atoms with Gasteiger partial charge >= 0.3 is 0 Å². The van der Waals surface area contributed by atoms with Crippen molar-refractivity contribution in [3.63, 3.8) is 0 Å². The van der Waals surface area contributed by atoms with Gasteiger partial charge in [-0.25, -0.2) is 4.39 Å². The van der Waals surface area contributed by atoms with E-state index in [-0.39, 0.29) is 17.9 Å². The minimum Gasteiger partial charge on any atom is -0.507 e. The van der Waals surface area contributed by atoms with Crippen LogP contribution in [0, 0.1) is 5.82 Å². The van der Waals surface area contributed by atoms with Crippen LogP contribution in [0.5, 0.6) is 5.75 Å². The average Bonchev–Trinajstić information content (AvgIpc) is 2.38. The molecule has 5 heteroatoms. The quantitative estimate of drug-likeness (QED) is 0.941. The van der Waals surface area contributed by atoms with Gasteiger partial charge in [0, 0.05) is 18.6 Å². The first-order valence-electron chi connectivity index (χ1n) is 5.96. The third-order valence-electron chi connectivity index (χ3n) is 2.86. The molecule has 20 heavy (non-hydrogen) atoms. The van der Waals surface area contributed by atoms with Crippen molar-refractivity contribution in [1.82, 2.24) is 4.90 Å². The molecule has 0 aliphatic rings. The Kier molecular flexibility index (Phi) is 4.25. The molecular weight excluding hydrogens is 281 g/mol. The molecule has 0 fully saturated rings. The van der Waals surface area contributed by atoms with E-state index in [4.69, 9.17) is 11.6 Å². The van der Waals surface area contributed by atoms with E-state index in [0.717, 1.165) is 11.6 Å². The number of nitrogens with zero attached hydrogens (tertiary/aromatic N) is 1. The largest absolute Gasteiger partial charge is 0.507 e. The number of amides is 1. The average molecular weight is 294 g/mol. The van der Waals surface area contributed by atoms with Gasteiger partial charge in [-0.3, -0.25) is 4.79 Å². The molecule has 0 heterocycles. The van der Waals surface area contributed by atoms with E-state index in [2.05, 4.69) is 0 Å². The molecule has 0 radical (unpaired) electrons. The summed E-state index contributed by atoms with van der Waals surface area (Å²) in [5.74, 6) is -1.69. The van der Waals surface area contributed by atoms with Crippen LogP contribution in [0.3, 0.4) is 0 Å². The van der Waals surface area contributed by atoms with Gasteiger partial charge in [-0.15, -0.1) is 0 Å². The summed E-state index contributed by atoms with van der Waals surface area (Å²) in [6, 6.07) is 10.8. The summed E-state index contributed by atoms with van der Waals surface area (Å²) in [4.78, 5) is 13.5. The van der Waals surface area contributed by atoms with Crippen molar-refractivity contribution in [3.8, 4) is 5.75 Å². The van der Waals surface area contributed by atoms with Crippen molar-refractivity contribution >= 4 is 17.5 Å². The maximum Gasteiger partial charge on any atom is 0.260 e. The Balaban J connectivity index is 2.21. The molecule has 0 aliphatic heterocycles. The fourth-order valence-electron chi connectivity index (χ4n) is 1.90. The number of hydrogen-bond donors (Lipinski definition) is 1. The van der Waals surface area contributed by atoms with Crippen molar-refractivity contribution < 1.29 is 14.3 Å². The Bertz CT molecular complexity index is 625. The number of rotatable bonds is 3. The van der Waals surface area contributed by atoms with Crippen molar-refractivity contribution in [2.45, 2.75) is 6.54 Å². The van der Waals surface area contributed by atoms with E-state index in [1.165, 1.54) is 24.1 Å². The highest BCUT2D eigenvalue weighted by atomic mass is 35.5. The van der Waals surface area contributed by atoms with E-state index >= 15 is 0 Å². The van der Waals surface area contributed by atoms with Crippen molar-refractivity contribution in [3.05, 3.63) is 64.4 Å². The zero-order valence-electron chi connectivity index (χ0n) is 10.8. The van der Waals surface area contributed by atoms with Gasteiger partial charge < -0.3 is 10.0 Å². The number of aromatic hydroxyl groups is 1. The van der Waals surface area contributed by atoms with E-state index in [1.807, 2.05) is 6.07 Å². The van der Waals surface area contributed by atoms with Crippen LogP contribution in [0.15, 0.2) is 42.5 Å². The molecule has 0 saturated heterocycles. The standard InChI is InChI=1S/C15H13ClFNO2/c1-18(9-10-4-2-5-11(16)8-10)15(20)14-12(17)6-3-7-13(14)19/h2-8,19H,9H2,1H3. The number of carbonyl (C=O) groups is 1. The molecule has 0 aliphatic carbocycles. The van der Waals surface area contributed by atoms with Crippen molar-refractivity contribution in [2.75, 3.05) is 7.05 Å². The van der Waals surface area contributed by atoms with Gasteiger partial charge in [0.25, 0.3) is 5.91 Å². The molecular formula is C15H13ClFNO2. The lowest BCUT2D eigenvalue weighted by atomic mass is 10.1. The second-order valence-corrected chi connectivity index (χ2v) is 4.86. The first kappa shape index (κ1) is 14.3. The Morgan fingerprint density at radius 1 is 1.30 bits per heavy atom. The van der Waals surface area contributed by atoms with Crippen LogP contribution in [0.25, 0.3) is 0 Å². The van der Waals surface area contributed by atoms with Crippen LogP contribution in [0.2, 0.25) is 5.02 Å². The van der Waals surface area contributed by atoms with Crippen LogP contribution in [-0.4, -0.2) is 23.0 Å². The highest BCUT2D eigenvalue weighted by Crippen LogP contribution is 2.22. The summed E-state index contributed by atoms with van der Waals surface area (Å²) in [6.45, 7) is 0.271. The monoisotopic (exact) mass is 293 g/mol. The topological polar surface area (TPSA) is 40.5 Å². The summed E-state index contributed by atoms with van der Waals surface area (Å²) in [6.07, 6.45) is 0. The van der Waals surface area contributed by atoms with Crippen LogP contribution < -0.4 is 0 Å². The highest BCUT2D eigenvalue weighted by Gasteiger charge is 2.20. The molecule has 0 aromatic heterocycles. The lowest BCUT2D eigenvalue weighted by molar-refractivity contribution is 0.0777. The number of hydrogen-bond acceptors (Lipinski definition) is 2. The van der Waals surface area contributed by atoms with Gasteiger partial charge in [0.05, 0.1) is 0 Å². The molecule has 3 nitrogen and oxygen atoms in total. The Morgan fingerprint density at radius 3 is 2.65 bits per heavy atom. The lowest BCUT2D eigenvalue weighted by Gasteiger charge is -2.18. The Morgan fingerprint density at radius 2 is 2.00 bits per heavy atom. The number of halogens is 2. The number of benzene rings is 2. The predicted molar refractivity (Wildman–Crippen MR) is 75.3 cm³/mol. The second kappa shape index (κ2) is 5.92. The fourth-order valence-corrected chi connectivity index (χ4v) is 2.11. The van der Waals surface area contributed by atoms with Gasteiger partial charge in [0.2, 0.25) is 0 Å². The Hall–Kier alpha value is -2.07. The van der Waals surface area contributed by atoms with Crippen LogP contribution >= 0.6 is 11.6 Å². The summed E-state index contributed by atoms with van der Waals surface area (Å²) < 4.78 is 13.6. The molecule has 0 saturated carbocycles. The first-order chi connectivity index (χ1) is 9.49. The SMILES string of the molecule is CN(Cc1cccc(Cl)c1)C(=O)c1c(O)cccc1F. The summed E-state index contributed by atoms with van der Waals surface area (Å²) >= 11 is 5.87.